The SMILES string of the molecule is S=C(NCCCn1cc(Br)cn1)NCc1ccccc1. The molecule has 0 unspecified atom stereocenters. The van der Waals surface area contributed by atoms with Gasteiger partial charge in [0.15, 0.2) is 5.11 Å². The average molecular weight is 353 g/mol. The van der Waals surface area contributed by atoms with E-state index < -0.39 is 0 Å². The van der Waals surface area contributed by atoms with Crippen LogP contribution in [-0.2, 0) is 13.1 Å². The molecule has 0 aliphatic heterocycles. The molecule has 0 saturated carbocycles. The van der Waals surface area contributed by atoms with Crippen LogP contribution >= 0.6 is 28.1 Å². The van der Waals surface area contributed by atoms with Gasteiger partial charge in [0.25, 0.3) is 0 Å². The second-order valence-corrected chi connectivity index (χ2v) is 5.69. The van der Waals surface area contributed by atoms with Crippen LogP contribution in [0.5, 0.6) is 0 Å². The number of thiocarbonyl (C=S) groups is 1. The molecule has 2 aromatic rings. The maximum absolute atomic E-state index is 5.24. The van der Waals surface area contributed by atoms with E-state index in [1.165, 1.54) is 5.56 Å². The Balaban J connectivity index is 1.58. The van der Waals surface area contributed by atoms with Gasteiger partial charge in [-0.3, -0.25) is 4.68 Å². The molecule has 0 atom stereocenters. The highest BCUT2D eigenvalue weighted by atomic mass is 79.9. The molecule has 0 aliphatic carbocycles. The first-order valence-electron chi connectivity index (χ1n) is 6.47. The zero-order chi connectivity index (χ0) is 14.2. The molecule has 1 aromatic carbocycles. The fourth-order valence-electron chi connectivity index (χ4n) is 1.74. The monoisotopic (exact) mass is 352 g/mol. The summed E-state index contributed by atoms with van der Waals surface area (Å²) in [4.78, 5) is 0. The van der Waals surface area contributed by atoms with Crippen molar-refractivity contribution < 1.29 is 0 Å². The van der Waals surface area contributed by atoms with Crippen LogP contribution in [0, 0.1) is 0 Å². The van der Waals surface area contributed by atoms with Gasteiger partial charge in [-0.15, -0.1) is 0 Å². The van der Waals surface area contributed by atoms with E-state index in [0.717, 1.165) is 30.5 Å². The lowest BCUT2D eigenvalue weighted by Crippen LogP contribution is -2.35. The Morgan fingerprint density at radius 1 is 1.25 bits per heavy atom. The molecule has 0 aliphatic rings. The number of nitrogens with one attached hydrogen (secondary N) is 2. The number of aryl methyl sites for hydroxylation is 1. The molecule has 20 heavy (non-hydrogen) atoms. The first-order chi connectivity index (χ1) is 9.74. The third-order valence-electron chi connectivity index (χ3n) is 2.75. The van der Waals surface area contributed by atoms with Gasteiger partial charge in [-0.05, 0) is 40.1 Å². The van der Waals surface area contributed by atoms with Gasteiger partial charge in [0.1, 0.15) is 0 Å². The molecule has 6 heteroatoms. The predicted molar refractivity (Wildman–Crippen MR) is 88.4 cm³/mol. The largest absolute Gasteiger partial charge is 0.363 e. The molecule has 0 spiro atoms. The van der Waals surface area contributed by atoms with Crippen LogP contribution in [0.25, 0.3) is 0 Å². The van der Waals surface area contributed by atoms with Crippen molar-refractivity contribution in [2.45, 2.75) is 19.5 Å². The molecule has 106 valence electrons. The van der Waals surface area contributed by atoms with Crippen molar-refractivity contribution in [2.24, 2.45) is 0 Å². The van der Waals surface area contributed by atoms with Crippen molar-refractivity contribution in [2.75, 3.05) is 6.54 Å². The summed E-state index contributed by atoms with van der Waals surface area (Å²) in [6.45, 7) is 2.46. The average Bonchev–Trinajstić information content (AvgIpc) is 2.88. The van der Waals surface area contributed by atoms with Crippen LogP contribution in [0.15, 0.2) is 47.2 Å². The van der Waals surface area contributed by atoms with Crippen LogP contribution in [-0.4, -0.2) is 21.4 Å². The van der Waals surface area contributed by atoms with Gasteiger partial charge in [-0.2, -0.15) is 5.10 Å². The van der Waals surface area contributed by atoms with E-state index in [4.69, 9.17) is 12.2 Å². The topological polar surface area (TPSA) is 41.9 Å². The fraction of sp³-hybridized carbons (Fsp3) is 0.286. The Hall–Kier alpha value is -1.40. The van der Waals surface area contributed by atoms with Gasteiger partial charge >= 0.3 is 0 Å². The van der Waals surface area contributed by atoms with Crippen LogP contribution in [0.1, 0.15) is 12.0 Å². The molecule has 1 aromatic heterocycles. The molecule has 0 bridgehead atoms. The lowest BCUT2D eigenvalue weighted by molar-refractivity contribution is 0.571. The van der Waals surface area contributed by atoms with Crippen LogP contribution < -0.4 is 10.6 Å². The number of aromatic nitrogens is 2. The van der Waals surface area contributed by atoms with Crippen LogP contribution in [0.3, 0.4) is 0 Å². The van der Waals surface area contributed by atoms with Gasteiger partial charge in [-0.1, -0.05) is 30.3 Å². The quantitative estimate of drug-likeness (QED) is 0.619. The second-order valence-electron chi connectivity index (χ2n) is 4.37. The minimum Gasteiger partial charge on any atom is -0.363 e. The predicted octanol–water partition coefficient (Wildman–Crippen LogP) is 2.70. The Labute approximate surface area is 132 Å². The highest BCUT2D eigenvalue weighted by Crippen LogP contribution is 2.06. The fourth-order valence-corrected chi connectivity index (χ4v) is 2.25. The number of rotatable bonds is 6. The normalized spacial score (nSPS) is 10.2. The first-order valence-corrected chi connectivity index (χ1v) is 7.68. The van der Waals surface area contributed by atoms with Gasteiger partial charge in [0.2, 0.25) is 0 Å². The Morgan fingerprint density at radius 3 is 2.75 bits per heavy atom. The second kappa shape index (κ2) is 8.01. The van der Waals surface area contributed by atoms with Gasteiger partial charge in [-0.25, -0.2) is 0 Å². The third-order valence-corrected chi connectivity index (χ3v) is 3.45. The number of benzene rings is 1. The van der Waals surface area contributed by atoms with E-state index in [1.54, 1.807) is 6.20 Å². The molecular weight excluding hydrogens is 336 g/mol. The summed E-state index contributed by atoms with van der Waals surface area (Å²) in [5.41, 5.74) is 1.22. The van der Waals surface area contributed by atoms with Crippen molar-refractivity contribution >= 4 is 33.3 Å². The number of hydrogen-bond donors (Lipinski definition) is 2. The lowest BCUT2D eigenvalue weighted by Gasteiger charge is -2.10. The standard InChI is InChI=1S/C14H17BrN4S/c15-13-10-18-19(11-13)8-4-7-16-14(20)17-9-12-5-2-1-3-6-12/h1-3,5-6,10-11H,4,7-9H2,(H2,16,17,20). The van der Waals surface area contributed by atoms with Crippen LogP contribution in [0.4, 0.5) is 0 Å². The van der Waals surface area contributed by atoms with Crippen LogP contribution in [0.2, 0.25) is 0 Å². The van der Waals surface area contributed by atoms with Crippen molar-refractivity contribution in [1.29, 1.82) is 0 Å². The minimum absolute atomic E-state index is 0.690. The third kappa shape index (κ3) is 5.30. The summed E-state index contributed by atoms with van der Waals surface area (Å²) in [7, 11) is 0. The Bertz CT molecular complexity index is 541. The smallest absolute Gasteiger partial charge is 0.166 e. The summed E-state index contributed by atoms with van der Waals surface area (Å²) in [6.07, 6.45) is 4.73. The highest BCUT2D eigenvalue weighted by Gasteiger charge is 1.97. The summed E-state index contributed by atoms with van der Waals surface area (Å²) >= 11 is 8.61. The molecule has 0 radical (unpaired) electrons. The van der Waals surface area contributed by atoms with E-state index in [0.29, 0.717) is 5.11 Å². The van der Waals surface area contributed by atoms with E-state index >= 15 is 0 Å². The summed E-state index contributed by atoms with van der Waals surface area (Å²) in [5, 5.41) is 11.3. The maximum Gasteiger partial charge on any atom is 0.166 e. The van der Waals surface area contributed by atoms with E-state index in [1.807, 2.05) is 29.1 Å². The Kier molecular flexibility index (Phi) is 6.01. The molecule has 1 heterocycles. The molecule has 0 fully saturated rings. The van der Waals surface area contributed by atoms with Crippen molar-refractivity contribution in [1.82, 2.24) is 20.4 Å². The van der Waals surface area contributed by atoms with Crippen molar-refractivity contribution in [3.05, 3.63) is 52.8 Å². The van der Waals surface area contributed by atoms with Gasteiger partial charge in [0.05, 0.1) is 10.7 Å². The van der Waals surface area contributed by atoms with E-state index in [9.17, 15) is 0 Å². The Morgan fingerprint density at radius 2 is 2.05 bits per heavy atom. The minimum atomic E-state index is 0.690. The number of nitrogens with zero attached hydrogens (tertiary/aromatic N) is 2. The van der Waals surface area contributed by atoms with E-state index in [-0.39, 0.29) is 0 Å². The zero-order valence-electron chi connectivity index (χ0n) is 11.1. The zero-order valence-corrected chi connectivity index (χ0v) is 13.5. The molecule has 2 N–H and O–H groups in total. The molecule has 2 rings (SSSR count). The molecule has 4 nitrogen and oxygen atoms in total. The lowest BCUT2D eigenvalue weighted by atomic mass is 10.2. The molecular formula is C14H17BrN4S. The van der Waals surface area contributed by atoms with Gasteiger partial charge < -0.3 is 10.6 Å². The molecule has 0 saturated heterocycles. The number of halogens is 1. The van der Waals surface area contributed by atoms with Crippen molar-refractivity contribution in [3.8, 4) is 0 Å². The summed E-state index contributed by atoms with van der Waals surface area (Å²) < 4.78 is 2.91. The highest BCUT2D eigenvalue weighted by molar-refractivity contribution is 9.10. The number of hydrogen-bond acceptors (Lipinski definition) is 2. The first kappa shape index (κ1) is 15.0. The van der Waals surface area contributed by atoms with E-state index in [2.05, 4.69) is 43.8 Å². The van der Waals surface area contributed by atoms with Gasteiger partial charge in [0, 0.05) is 25.8 Å². The molecule has 0 amide bonds. The van der Waals surface area contributed by atoms with Crippen molar-refractivity contribution in [3.63, 3.8) is 0 Å². The summed E-state index contributed by atoms with van der Waals surface area (Å²) in [6, 6.07) is 10.2. The summed E-state index contributed by atoms with van der Waals surface area (Å²) in [5.74, 6) is 0. The maximum atomic E-state index is 5.24.